The van der Waals surface area contributed by atoms with E-state index in [-0.39, 0.29) is 30.2 Å². The number of nitrogens with one attached hydrogen (secondary N) is 1. The number of amides is 1. The smallest absolute Gasteiger partial charge is 0.422 e. The average molecular weight is 383 g/mol. The monoisotopic (exact) mass is 383 g/mol. The van der Waals surface area contributed by atoms with Crippen LogP contribution in [0.4, 0.5) is 13.2 Å². The van der Waals surface area contributed by atoms with Crippen LogP contribution in [-0.2, 0) is 23.0 Å². The summed E-state index contributed by atoms with van der Waals surface area (Å²) in [7, 11) is 1.81. The van der Waals surface area contributed by atoms with Crippen molar-refractivity contribution in [2.75, 3.05) is 13.2 Å². The third-order valence-electron chi connectivity index (χ3n) is 4.16. The van der Waals surface area contributed by atoms with Gasteiger partial charge in [0.25, 0.3) is 0 Å². The molecule has 1 aromatic carbocycles. The number of carbonyl (C=O) groups is 1. The molecule has 27 heavy (non-hydrogen) atoms. The summed E-state index contributed by atoms with van der Waals surface area (Å²) < 4.78 is 48.8. The maximum Gasteiger partial charge on any atom is 0.422 e. The van der Waals surface area contributed by atoms with E-state index in [0.717, 1.165) is 5.56 Å². The third-order valence-corrected chi connectivity index (χ3v) is 4.16. The molecule has 1 aliphatic heterocycles. The zero-order valence-corrected chi connectivity index (χ0v) is 14.7. The minimum absolute atomic E-state index is 0.0411. The molecule has 1 aliphatic rings. The van der Waals surface area contributed by atoms with Crippen molar-refractivity contribution < 1.29 is 27.4 Å². The molecule has 6 nitrogen and oxygen atoms in total. The summed E-state index contributed by atoms with van der Waals surface area (Å²) in [6.07, 6.45) is -0.395. The van der Waals surface area contributed by atoms with Gasteiger partial charge >= 0.3 is 6.18 Å². The van der Waals surface area contributed by atoms with Gasteiger partial charge in [0.2, 0.25) is 5.91 Å². The normalized spacial score (nSPS) is 19.9. The van der Waals surface area contributed by atoms with E-state index in [0.29, 0.717) is 18.6 Å². The Balaban J connectivity index is 1.57. The third kappa shape index (κ3) is 5.46. The summed E-state index contributed by atoms with van der Waals surface area (Å²) in [5.74, 6) is -0.151. The zero-order chi connectivity index (χ0) is 19.4. The number of halogens is 3. The van der Waals surface area contributed by atoms with Crippen molar-refractivity contribution in [3.63, 3.8) is 0 Å². The highest BCUT2D eigenvalue weighted by Crippen LogP contribution is 2.29. The summed E-state index contributed by atoms with van der Waals surface area (Å²) in [6.45, 7) is -0.833. The molecule has 9 heteroatoms. The number of aromatic nitrogens is 2. The van der Waals surface area contributed by atoms with Gasteiger partial charge in [0.05, 0.1) is 18.7 Å². The first-order valence-electron chi connectivity index (χ1n) is 8.48. The number of alkyl halides is 3. The Morgan fingerprint density at radius 2 is 2.26 bits per heavy atom. The number of aryl methyl sites for hydroxylation is 1. The van der Waals surface area contributed by atoms with Crippen LogP contribution in [0.5, 0.6) is 5.75 Å². The van der Waals surface area contributed by atoms with Crippen LogP contribution in [0.2, 0.25) is 0 Å². The maximum atomic E-state index is 12.4. The van der Waals surface area contributed by atoms with Crippen LogP contribution in [0.1, 0.15) is 23.7 Å². The summed E-state index contributed by atoms with van der Waals surface area (Å²) in [5.41, 5.74) is 1.46. The van der Waals surface area contributed by atoms with Gasteiger partial charge in [-0.2, -0.15) is 18.3 Å². The van der Waals surface area contributed by atoms with E-state index in [1.54, 1.807) is 30.1 Å². The van der Waals surface area contributed by atoms with Gasteiger partial charge in [-0.3, -0.25) is 9.48 Å². The Kier molecular flexibility index (Phi) is 5.69. The van der Waals surface area contributed by atoms with Crippen LogP contribution < -0.4 is 10.1 Å². The molecule has 2 aromatic rings. The number of hydrogen-bond acceptors (Lipinski definition) is 4. The molecule has 0 unspecified atom stereocenters. The fourth-order valence-electron chi connectivity index (χ4n) is 3.01. The second-order valence-electron chi connectivity index (χ2n) is 6.43. The first-order chi connectivity index (χ1) is 12.8. The average Bonchev–Trinajstić information content (AvgIpc) is 3.21. The number of benzene rings is 1. The molecule has 1 N–H and O–H groups in total. The fourth-order valence-corrected chi connectivity index (χ4v) is 3.01. The van der Waals surface area contributed by atoms with E-state index < -0.39 is 12.8 Å². The molecular weight excluding hydrogens is 363 g/mol. The first-order valence-corrected chi connectivity index (χ1v) is 8.48. The molecule has 2 heterocycles. The number of rotatable bonds is 6. The zero-order valence-electron chi connectivity index (χ0n) is 14.7. The molecule has 0 saturated carbocycles. The van der Waals surface area contributed by atoms with Crippen molar-refractivity contribution in [1.29, 1.82) is 0 Å². The molecule has 1 amide bonds. The van der Waals surface area contributed by atoms with Crippen LogP contribution in [0, 0.1) is 0 Å². The van der Waals surface area contributed by atoms with Crippen LogP contribution in [0.25, 0.3) is 0 Å². The molecular formula is C18H20F3N3O3. The van der Waals surface area contributed by atoms with Gasteiger partial charge < -0.3 is 14.8 Å². The summed E-state index contributed by atoms with van der Waals surface area (Å²) in [5, 5.41) is 7.06. The summed E-state index contributed by atoms with van der Waals surface area (Å²) in [6, 6.07) is 5.92. The van der Waals surface area contributed by atoms with E-state index in [4.69, 9.17) is 9.47 Å². The predicted octanol–water partition coefficient (Wildman–Crippen LogP) is 2.55. The van der Waals surface area contributed by atoms with Gasteiger partial charge in [0.15, 0.2) is 6.61 Å². The van der Waals surface area contributed by atoms with Gasteiger partial charge in [-0.25, -0.2) is 0 Å². The molecule has 0 spiro atoms. The van der Waals surface area contributed by atoms with Crippen LogP contribution >= 0.6 is 0 Å². The Hall–Kier alpha value is -2.55. The Bertz CT molecular complexity index is 791. The lowest BCUT2D eigenvalue weighted by molar-refractivity contribution is -0.153. The molecule has 3 rings (SSSR count). The molecule has 1 saturated heterocycles. The van der Waals surface area contributed by atoms with Crippen LogP contribution in [0.15, 0.2) is 36.7 Å². The van der Waals surface area contributed by atoms with Crippen LogP contribution in [0.3, 0.4) is 0 Å². The van der Waals surface area contributed by atoms with Crippen molar-refractivity contribution in [2.45, 2.75) is 31.2 Å². The predicted molar refractivity (Wildman–Crippen MR) is 90.1 cm³/mol. The highest BCUT2D eigenvalue weighted by atomic mass is 19.4. The number of carbonyl (C=O) groups excluding carboxylic acids is 1. The van der Waals surface area contributed by atoms with Crippen molar-refractivity contribution in [3.8, 4) is 5.75 Å². The van der Waals surface area contributed by atoms with E-state index in [1.165, 1.54) is 12.1 Å². The Morgan fingerprint density at radius 3 is 2.96 bits per heavy atom. The maximum absolute atomic E-state index is 12.4. The standard InChI is InChI=1S/C18H20F3N3O3/c1-24-10-13(9-22-24)17-15(5-6-26-17)23-16(25)8-12-3-2-4-14(7-12)27-11-18(19,20)21/h2-4,7,9-10,15,17H,5-6,8,11H2,1H3,(H,23,25)/t15-,17+/m0/s1. The molecule has 146 valence electrons. The largest absolute Gasteiger partial charge is 0.484 e. The fraction of sp³-hybridized carbons (Fsp3) is 0.444. The van der Waals surface area contributed by atoms with Gasteiger partial charge in [0, 0.05) is 25.4 Å². The topological polar surface area (TPSA) is 65.4 Å². The minimum atomic E-state index is -4.41. The highest BCUT2D eigenvalue weighted by molar-refractivity contribution is 5.79. The van der Waals surface area contributed by atoms with Crippen molar-refractivity contribution in [1.82, 2.24) is 15.1 Å². The SMILES string of the molecule is Cn1cc([C@H]2OCC[C@@H]2NC(=O)Cc2cccc(OCC(F)(F)F)c2)cn1. The Labute approximate surface area is 154 Å². The van der Waals surface area contributed by atoms with Crippen molar-refractivity contribution in [2.24, 2.45) is 7.05 Å². The lowest BCUT2D eigenvalue weighted by Crippen LogP contribution is -2.37. The summed E-state index contributed by atoms with van der Waals surface area (Å²) >= 11 is 0. The molecule has 0 bridgehead atoms. The van der Waals surface area contributed by atoms with E-state index >= 15 is 0 Å². The molecule has 0 radical (unpaired) electrons. The van der Waals surface area contributed by atoms with E-state index in [2.05, 4.69) is 10.4 Å². The van der Waals surface area contributed by atoms with Gasteiger partial charge in [-0.15, -0.1) is 0 Å². The van der Waals surface area contributed by atoms with E-state index in [9.17, 15) is 18.0 Å². The molecule has 0 aliphatic carbocycles. The highest BCUT2D eigenvalue weighted by Gasteiger charge is 2.32. The quantitative estimate of drug-likeness (QED) is 0.833. The second-order valence-corrected chi connectivity index (χ2v) is 6.43. The first kappa shape index (κ1) is 19.2. The van der Waals surface area contributed by atoms with Gasteiger partial charge in [-0.1, -0.05) is 12.1 Å². The van der Waals surface area contributed by atoms with E-state index in [1.807, 2.05) is 6.20 Å². The summed E-state index contributed by atoms with van der Waals surface area (Å²) in [4.78, 5) is 12.4. The lowest BCUT2D eigenvalue weighted by Gasteiger charge is -2.19. The number of ether oxygens (including phenoxy) is 2. The minimum Gasteiger partial charge on any atom is -0.484 e. The molecule has 1 fully saturated rings. The van der Waals surface area contributed by atoms with Crippen LogP contribution in [-0.4, -0.2) is 41.1 Å². The molecule has 1 aromatic heterocycles. The van der Waals surface area contributed by atoms with Crippen molar-refractivity contribution >= 4 is 5.91 Å². The Morgan fingerprint density at radius 1 is 1.44 bits per heavy atom. The number of hydrogen-bond donors (Lipinski definition) is 1. The molecule has 2 atom stereocenters. The van der Waals surface area contributed by atoms with Gasteiger partial charge in [-0.05, 0) is 24.1 Å². The number of nitrogens with zero attached hydrogens (tertiary/aromatic N) is 2. The second kappa shape index (κ2) is 7.99. The van der Waals surface area contributed by atoms with Gasteiger partial charge in [0.1, 0.15) is 11.9 Å². The van der Waals surface area contributed by atoms with Crippen molar-refractivity contribution in [3.05, 3.63) is 47.8 Å². The lowest BCUT2D eigenvalue weighted by atomic mass is 10.0.